The second kappa shape index (κ2) is 5.87. The van der Waals surface area contributed by atoms with Crippen LogP contribution in [0.15, 0.2) is 30.6 Å². The van der Waals surface area contributed by atoms with Crippen LogP contribution in [-0.2, 0) is 0 Å². The first-order valence-corrected chi connectivity index (χ1v) is 6.51. The summed E-state index contributed by atoms with van der Waals surface area (Å²) in [6, 6.07) is 8.02. The Hall–Kier alpha value is -1.83. The molecule has 0 amide bonds. The van der Waals surface area contributed by atoms with Crippen LogP contribution in [0.2, 0.25) is 5.02 Å². The zero-order valence-corrected chi connectivity index (χ0v) is 11.6. The van der Waals surface area contributed by atoms with Crippen molar-refractivity contribution in [2.45, 2.75) is 19.9 Å². The van der Waals surface area contributed by atoms with Gasteiger partial charge in [0.15, 0.2) is 0 Å². The molecule has 2 rings (SSSR count). The molecule has 0 aliphatic carbocycles. The molecule has 2 aromatic rings. The van der Waals surface area contributed by atoms with E-state index in [4.69, 9.17) is 16.9 Å². The van der Waals surface area contributed by atoms with Crippen LogP contribution in [0.5, 0.6) is 0 Å². The molecule has 0 aliphatic heterocycles. The molecule has 0 saturated heterocycles. The van der Waals surface area contributed by atoms with Crippen LogP contribution in [0.25, 0.3) is 5.69 Å². The molecular formula is C14H15ClN4. The zero-order valence-electron chi connectivity index (χ0n) is 10.9. The van der Waals surface area contributed by atoms with Crippen LogP contribution in [-0.4, -0.2) is 16.1 Å². The molecule has 0 fully saturated rings. The smallest absolute Gasteiger partial charge is 0.217 e. The Kier molecular flexibility index (Phi) is 4.20. The molecule has 0 bridgehead atoms. The summed E-state index contributed by atoms with van der Waals surface area (Å²) in [4.78, 5) is 3.97. The van der Waals surface area contributed by atoms with Gasteiger partial charge in [-0.25, -0.2) is 4.98 Å². The van der Waals surface area contributed by atoms with Gasteiger partial charge in [-0.15, -0.1) is 0 Å². The van der Waals surface area contributed by atoms with Crippen molar-refractivity contribution >= 4 is 11.6 Å². The van der Waals surface area contributed by atoms with E-state index in [2.05, 4.69) is 24.1 Å². The van der Waals surface area contributed by atoms with Gasteiger partial charge in [-0.2, -0.15) is 5.26 Å². The van der Waals surface area contributed by atoms with Gasteiger partial charge in [0.2, 0.25) is 5.82 Å². The van der Waals surface area contributed by atoms with E-state index in [1.165, 1.54) is 0 Å². The van der Waals surface area contributed by atoms with Crippen LogP contribution in [0, 0.1) is 11.3 Å². The molecule has 0 radical (unpaired) electrons. The van der Waals surface area contributed by atoms with E-state index < -0.39 is 0 Å². The molecule has 1 atom stereocenters. The summed E-state index contributed by atoms with van der Waals surface area (Å²) in [5.74, 6) is 0.351. The predicted molar refractivity (Wildman–Crippen MR) is 75.4 cm³/mol. The summed E-state index contributed by atoms with van der Waals surface area (Å²) >= 11 is 6.32. The van der Waals surface area contributed by atoms with E-state index in [1.54, 1.807) is 17.0 Å². The first kappa shape index (κ1) is 13.6. The topological polar surface area (TPSA) is 53.6 Å². The number of rotatable bonds is 4. The van der Waals surface area contributed by atoms with E-state index in [1.807, 2.05) is 24.3 Å². The van der Waals surface area contributed by atoms with Crippen molar-refractivity contribution in [2.24, 2.45) is 0 Å². The Morgan fingerprint density at radius 3 is 2.95 bits per heavy atom. The fraction of sp³-hybridized carbons (Fsp3) is 0.286. The van der Waals surface area contributed by atoms with Gasteiger partial charge in [0, 0.05) is 29.1 Å². The van der Waals surface area contributed by atoms with E-state index in [0.29, 0.717) is 10.8 Å². The second-order valence-electron chi connectivity index (χ2n) is 4.22. The minimum atomic E-state index is 0.199. The van der Waals surface area contributed by atoms with Gasteiger partial charge in [-0.3, -0.25) is 4.57 Å². The van der Waals surface area contributed by atoms with Crippen molar-refractivity contribution in [1.29, 1.82) is 5.26 Å². The highest BCUT2D eigenvalue weighted by Crippen LogP contribution is 2.26. The molecular weight excluding hydrogens is 260 g/mol. The lowest BCUT2D eigenvalue weighted by Gasteiger charge is -2.15. The zero-order chi connectivity index (χ0) is 13.8. The third-order valence-electron chi connectivity index (χ3n) is 2.98. The molecule has 0 spiro atoms. The molecule has 0 saturated carbocycles. The Morgan fingerprint density at radius 1 is 1.53 bits per heavy atom. The summed E-state index contributed by atoms with van der Waals surface area (Å²) in [5.41, 5.74) is 1.89. The highest BCUT2D eigenvalue weighted by molar-refractivity contribution is 6.31. The monoisotopic (exact) mass is 274 g/mol. The molecule has 1 N–H and O–H groups in total. The number of aromatic nitrogens is 2. The first-order chi connectivity index (χ1) is 9.17. The van der Waals surface area contributed by atoms with Crippen molar-refractivity contribution in [1.82, 2.24) is 14.9 Å². The highest BCUT2D eigenvalue weighted by atomic mass is 35.5. The van der Waals surface area contributed by atoms with Gasteiger partial charge >= 0.3 is 0 Å². The van der Waals surface area contributed by atoms with Gasteiger partial charge in [0.1, 0.15) is 6.07 Å². The lowest BCUT2D eigenvalue weighted by molar-refractivity contribution is 0.598. The van der Waals surface area contributed by atoms with Crippen molar-refractivity contribution in [3.63, 3.8) is 0 Å². The Labute approximate surface area is 117 Å². The largest absolute Gasteiger partial charge is 0.310 e. The van der Waals surface area contributed by atoms with Crippen LogP contribution in [0.4, 0.5) is 0 Å². The summed E-state index contributed by atoms with van der Waals surface area (Å²) in [6.45, 7) is 5.02. The normalized spacial score (nSPS) is 12.1. The van der Waals surface area contributed by atoms with E-state index in [-0.39, 0.29) is 6.04 Å². The average Bonchev–Trinajstić information content (AvgIpc) is 2.87. The van der Waals surface area contributed by atoms with Crippen LogP contribution >= 0.6 is 11.6 Å². The minimum absolute atomic E-state index is 0.199. The Morgan fingerprint density at radius 2 is 2.32 bits per heavy atom. The van der Waals surface area contributed by atoms with E-state index >= 15 is 0 Å². The lowest BCUT2D eigenvalue weighted by atomic mass is 10.1. The first-order valence-electron chi connectivity index (χ1n) is 6.14. The lowest BCUT2D eigenvalue weighted by Crippen LogP contribution is -2.18. The minimum Gasteiger partial charge on any atom is -0.310 e. The standard InChI is InChI=1S/C14H15ClN4/c1-3-17-10(2)12-5-4-11(8-13(12)15)19-7-6-18-14(19)9-16/h4-8,10,17H,3H2,1-2H3. The second-order valence-corrected chi connectivity index (χ2v) is 4.63. The summed E-state index contributed by atoms with van der Waals surface area (Å²) in [7, 11) is 0. The van der Waals surface area contributed by atoms with Gasteiger partial charge in [-0.1, -0.05) is 24.6 Å². The van der Waals surface area contributed by atoms with Gasteiger partial charge < -0.3 is 5.32 Å². The Balaban J connectivity index is 2.37. The fourth-order valence-corrected chi connectivity index (χ4v) is 2.37. The van der Waals surface area contributed by atoms with E-state index in [9.17, 15) is 0 Å². The number of hydrogen-bond acceptors (Lipinski definition) is 3. The Bertz CT molecular complexity index is 612. The number of nitrogens with zero attached hydrogens (tertiary/aromatic N) is 3. The number of imidazole rings is 1. The number of benzene rings is 1. The molecule has 0 aliphatic rings. The maximum Gasteiger partial charge on any atom is 0.217 e. The molecule has 1 unspecified atom stereocenters. The van der Waals surface area contributed by atoms with Crippen molar-refractivity contribution in [3.8, 4) is 11.8 Å². The summed E-state index contributed by atoms with van der Waals surface area (Å²) in [5, 5.41) is 13.0. The number of halogens is 1. The third kappa shape index (κ3) is 2.78. The van der Waals surface area contributed by atoms with Gasteiger partial charge in [0.05, 0.1) is 0 Å². The number of nitrogens with one attached hydrogen (secondary N) is 1. The molecule has 5 heteroatoms. The maximum absolute atomic E-state index is 8.97. The maximum atomic E-state index is 8.97. The van der Waals surface area contributed by atoms with Crippen molar-refractivity contribution in [2.75, 3.05) is 6.54 Å². The van der Waals surface area contributed by atoms with E-state index in [0.717, 1.165) is 17.8 Å². The average molecular weight is 275 g/mol. The number of nitriles is 1. The van der Waals surface area contributed by atoms with Crippen molar-refractivity contribution < 1.29 is 0 Å². The summed E-state index contributed by atoms with van der Waals surface area (Å²) < 4.78 is 1.72. The fourth-order valence-electron chi connectivity index (χ4n) is 2.03. The highest BCUT2D eigenvalue weighted by Gasteiger charge is 2.11. The van der Waals surface area contributed by atoms with Crippen LogP contribution < -0.4 is 5.32 Å². The predicted octanol–water partition coefficient (Wildman–Crippen LogP) is 3.07. The van der Waals surface area contributed by atoms with Crippen molar-refractivity contribution in [3.05, 3.63) is 47.0 Å². The van der Waals surface area contributed by atoms with Gasteiger partial charge in [-0.05, 0) is 31.2 Å². The quantitative estimate of drug-likeness (QED) is 0.932. The molecule has 19 heavy (non-hydrogen) atoms. The molecule has 4 nitrogen and oxygen atoms in total. The van der Waals surface area contributed by atoms with Crippen LogP contribution in [0.3, 0.4) is 0 Å². The summed E-state index contributed by atoms with van der Waals surface area (Å²) in [6.07, 6.45) is 3.35. The number of hydrogen-bond donors (Lipinski definition) is 1. The van der Waals surface area contributed by atoms with Gasteiger partial charge in [0.25, 0.3) is 0 Å². The molecule has 1 aromatic carbocycles. The molecule has 98 valence electrons. The SMILES string of the molecule is CCNC(C)c1ccc(-n2ccnc2C#N)cc1Cl. The third-order valence-corrected chi connectivity index (χ3v) is 3.31. The molecule has 1 aromatic heterocycles. The van der Waals surface area contributed by atoms with Crippen LogP contribution in [0.1, 0.15) is 31.3 Å². The molecule has 1 heterocycles.